The highest BCUT2D eigenvalue weighted by Crippen LogP contribution is 2.42. The Morgan fingerprint density at radius 3 is 2.67 bits per heavy atom. The van der Waals surface area contributed by atoms with E-state index in [9.17, 15) is 4.79 Å². The molecule has 1 aliphatic carbocycles. The number of benzene rings is 1. The molecule has 186 valence electrons. The van der Waals surface area contributed by atoms with Crippen LogP contribution in [-0.4, -0.2) is 52.6 Å². The Kier molecular flexibility index (Phi) is 7.23. The van der Waals surface area contributed by atoms with Crippen LogP contribution in [0, 0.1) is 0 Å². The van der Waals surface area contributed by atoms with Crippen LogP contribution in [0.15, 0.2) is 54.7 Å². The van der Waals surface area contributed by atoms with Crippen molar-refractivity contribution in [3.05, 3.63) is 66.1 Å². The summed E-state index contributed by atoms with van der Waals surface area (Å²) < 4.78 is 12.3. The zero-order chi connectivity index (χ0) is 24.9. The summed E-state index contributed by atoms with van der Waals surface area (Å²) in [6, 6.07) is 15.7. The fourth-order valence-corrected chi connectivity index (χ4v) is 4.49. The van der Waals surface area contributed by atoms with E-state index in [-0.39, 0.29) is 12.3 Å². The quantitative estimate of drug-likeness (QED) is 0.238. The minimum Gasteiger partial charge on any atom is -0.461 e. The van der Waals surface area contributed by atoms with Gasteiger partial charge in [-0.2, -0.15) is 5.10 Å². The number of methoxy groups -OCH3 is 1. The van der Waals surface area contributed by atoms with Crippen molar-refractivity contribution >= 4 is 22.8 Å². The summed E-state index contributed by atoms with van der Waals surface area (Å²) in [6.45, 7) is 3.56. The van der Waals surface area contributed by atoms with E-state index < -0.39 is 5.97 Å². The minimum absolute atomic E-state index is 0.262. The Morgan fingerprint density at radius 1 is 1.17 bits per heavy atom. The summed E-state index contributed by atoms with van der Waals surface area (Å²) in [4.78, 5) is 22.2. The van der Waals surface area contributed by atoms with Crippen LogP contribution in [0.3, 0.4) is 0 Å². The van der Waals surface area contributed by atoms with E-state index in [1.54, 1.807) is 14.0 Å². The lowest BCUT2D eigenvalue weighted by molar-refractivity contribution is 0.0520. The van der Waals surface area contributed by atoms with E-state index in [0.717, 1.165) is 59.5 Å². The van der Waals surface area contributed by atoms with Gasteiger partial charge in [0.05, 0.1) is 23.4 Å². The lowest BCUT2D eigenvalue weighted by Crippen LogP contribution is -2.10. The molecule has 0 saturated heterocycles. The van der Waals surface area contributed by atoms with Crippen LogP contribution >= 0.6 is 0 Å². The average Bonchev–Trinajstić information content (AvgIpc) is 3.25. The van der Waals surface area contributed by atoms with E-state index >= 15 is 0 Å². The van der Waals surface area contributed by atoms with Crippen LogP contribution in [0.5, 0.6) is 0 Å². The second-order valence-electron chi connectivity index (χ2n) is 8.94. The van der Waals surface area contributed by atoms with Crippen molar-refractivity contribution in [2.24, 2.45) is 0 Å². The largest absolute Gasteiger partial charge is 0.461 e. The summed E-state index contributed by atoms with van der Waals surface area (Å²) in [7, 11) is 1.70. The standard InChI is InChI=1S/C28H31N5O3/c1-3-36-28(34)23-17-22(20-13-14-24(30-18-20)29-15-8-16-35-2)25-26(19-9-7-10-19)32-33(27(25)31-23)21-11-5-4-6-12-21/h4-6,11-14,17-19H,3,7-10,15-16H2,1-2H3,(H,29,30). The molecule has 0 unspecified atom stereocenters. The number of carbonyl (C=O) groups excluding carboxylic acids is 1. The first-order valence-electron chi connectivity index (χ1n) is 12.5. The second kappa shape index (κ2) is 10.9. The smallest absolute Gasteiger partial charge is 0.357 e. The molecule has 8 heteroatoms. The fourth-order valence-electron chi connectivity index (χ4n) is 4.49. The van der Waals surface area contributed by atoms with Crippen molar-refractivity contribution in [2.45, 2.75) is 38.5 Å². The normalized spacial score (nSPS) is 13.5. The van der Waals surface area contributed by atoms with Gasteiger partial charge < -0.3 is 14.8 Å². The van der Waals surface area contributed by atoms with E-state index in [4.69, 9.17) is 19.6 Å². The monoisotopic (exact) mass is 485 g/mol. The molecule has 0 radical (unpaired) electrons. The average molecular weight is 486 g/mol. The molecular formula is C28H31N5O3. The molecule has 0 spiro atoms. The van der Waals surface area contributed by atoms with Crippen LogP contribution in [0.2, 0.25) is 0 Å². The summed E-state index contributed by atoms with van der Waals surface area (Å²) in [5, 5.41) is 9.34. The number of ether oxygens (including phenoxy) is 2. The lowest BCUT2D eigenvalue weighted by Gasteiger charge is -2.24. The fraction of sp³-hybridized carbons (Fsp3) is 0.357. The molecular weight excluding hydrogens is 454 g/mol. The number of aromatic nitrogens is 4. The molecule has 1 aliphatic rings. The van der Waals surface area contributed by atoms with Gasteiger partial charge in [0, 0.05) is 37.9 Å². The maximum atomic E-state index is 12.8. The molecule has 1 aromatic carbocycles. The van der Waals surface area contributed by atoms with Gasteiger partial charge in [-0.1, -0.05) is 24.6 Å². The molecule has 36 heavy (non-hydrogen) atoms. The van der Waals surface area contributed by atoms with Crippen LogP contribution in [0.4, 0.5) is 5.82 Å². The minimum atomic E-state index is -0.448. The van der Waals surface area contributed by atoms with Crippen LogP contribution in [0.1, 0.15) is 54.7 Å². The molecule has 3 aromatic heterocycles. The predicted octanol–water partition coefficient (Wildman–Crippen LogP) is 5.38. The van der Waals surface area contributed by atoms with Crippen molar-refractivity contribution in [3.8, 4) is 16.8 Å². The van der Waals surface area contributed by atoms with Crippen molar-refractivity contribution in [1.29, 1.82) is 0 Å². The molecule has 1 N–H and O–H groups in total. The predicted molar refractivity (Wildman–Crippen MR) is 140 cm³/mol. The molecule has 1 saturated carbocycles. The van der Waals surface area contributed by atoms with Crippen molar-refractivity contribution in [1.82, 2.24) is 19.7 Å². The first-order valence-corrected chi connectivity index (χ1v) is 12.5. The number of nitrogens with one attached hydrogen (secondary N) is 1. The molecule has 0 atom stereocenters. The SMILES string of the molecule is CCOC(=O)c1cc(-c2ccc(NCCCOC)nc2)c2c(C3CCC3)nn(-c3ccccc3)c2n1. The number of carbonyl (C=O) groups is 1. The molecule has 0 aliphatic heterocycles. The third-order valence-electron chi connectivity index (χ3n) is 6.55. The topological polar surface area (TPSA) is 91.2 Å². The molecule has 1 fully saturated rings. The van der Waals surface area contributed by atoms with Gasteiger partial charge in [0.25, 0.3) is 0 Å². The Morgan fingerprint density at radius 2 is 2.00 bits per heavy atom. The van der Waals surface area contributed by atoms with Crippen molar-refractivity contribution < 1.29 is 14.3 Å². The van der Waals surface area contributed by atoms with Crippen LogP contribution in [0.25, 0.3) is 27.8 Å². The van der Waals surface area contributed by atoms with Gasteiger partial charge in [-0.3, -0.25) is 0 Å². The first kappa shape index (κ1) is 23.9. The second-order valence-corrected chi connectivity index (χ2v) is 8.94. The maximum Gasteiger partial charge on any atom is 0.357 e. The van der Waals surface area contributed by atoms with Gasteiger partial charge in [0.15, 0.2) is 11.3 Å². The molecule has 8 nitrogen and oxygen atoms in total. The van der Waals surface area contributed by atoms with Crippen LogP contribution < -0.4 is 5.32 Å². The number of fused-ring (bicyclic) bond motifs is 1. The van der Waals surface area contributed by atoms with Crippen LogP contribution in [-0.2, 0) is 9.47 Å². The number of rotatable bonds is 10. The number of hydrogen-bond acceptors (Lipinski definition) is 7. The number of nitrogens with zero attached hydrogens (tertiary/aromatic N) is 4. The van der Waals surface area contributed by atoms with E-state index in [0.29, 0.717) is 18.2 Å². The maximum absolute atomic E-state index is 12.8. The number of anilines is 1. The van der Waals surface area contributed by atoms with Gasteiger partial charge in [-0.15, -0.1) is 0 Å². The van der Waals surface area contributed by atoms with Gasteiger partial charge in [0.1, 0.15) is 5.82 Å². The molecule has 4 aromatic rings. The summed E-state index contributed by atoms with van der Waals surface area (Å²) in [5.41, 5.74) is 4.65. The molecule has 0 bridgehead atoms. The third-order valence-corrected chi connectivity index (χ3v) is 6.55. The molecule has 5 rings (SSSR count). The van der Waals surface area contributed by atoms with Crippen molar-refractivity contribution in [3.63, 3.8) is 0 Å². The Hall–Kier alpha value is -3.78. The Labute approximate surface area is 210 Å². The lowest BCUT2D eigenvalue weighted by atomic mass is 9.81. The molecule has 3 heterocycles. The highest BCUT2D eigenvalue weighted by Gasteiger charge is 2.29. The van der Waals surface area contributed by atoms with E-state index in [1.165, 1.54) is 6.42 Å². The summed E-state index contributed by atoms with van der Waals surface area (Å²) in [5.74, 6) is 0.724. The third kappa shape index (κ3) is 4.81. The summed E-state index contributed by atoms with van der Waals surface area (Å²) >= 11 is 0. The number of esters is 1. The molecule has 0 amide bonds. The zero-order valence-electron chi connectivity index (χ0n) is 20.7. The van der Waals surface area contributed by atoms with Gasteiger partial charge in [-0.25, -0.2) is 19.4 Å². The van der Waals surface area contributed by atoms with Gasteiger partial charge in [0.2, 0.25) is 0 Å². The highest BCUT2D eigenvalue weighted by atomic mass is 16.5. The highest BCUT2D eigenvalue weighted by molar-refractivity contribution is 6.00. The Balaban J connectivity index is 1.64. The summed E-state index contributed by atoms with van der Waals surface area (Å²) in [6.07, 6.45) is 6.13. The Bertz CT molecular complexity index is 1330. The number of pyridine rings is 2. The number of para-hydroxylation sites is 1. The van der Waals surface area contributed by atoms with Crippen molar-refractivity contribution in [2.75, 3.05) is 32.2 Å². The number of hydrogen-bond donors (Lipinski definition) is 1. The van der Waals surface area contributed by atoms with Gasteiger partial charge in [-0.05, 0) is 62.1 Å². The zero-order valence-corrected chi connectivity index (χ0v) is 20.7. The van der Waals surface area contributed by atoms with Gasteiger partial charge >= 0.3 is 5.97 Å². The van der Waals surface area contributed by atoms with E-state index in [2.05, 4.69) is 10.3 Å². The first-order chi connectivity index (χ1) is 17.7. The van der Waals surface area contributed by atoms with E-state index in [1.807, 2.05) is 59.4 Å².